The fraction of sp³-hybridized carbons (Fsp3) is 0.889. The van der Waals surface area contributed by atoms with E-state index in [4.69, 9.17) is 10.5 Å². The lowest BCUT2D eigenvalue weighted by Gasteiger charge is -2.33. The van der Waals surface area contributed by atoms with Crippen LogP contribution in [0.3, 0.4) is 0 Å². The van der Waals surface area contributed by atoms with Crippen molar-refractivity contribution in [3.8, 4) is 0 Å². The highest BCUT2D eigenvalue weighted by molar-refractivity contribution is 5.42. The predicted octanol–water partition coefficient (Wildman–Crippen LogP) is 1.02. The molecule has 1 rings (SSSR count). The topological polar surface area (TPSA) is 69.1 Å². The maximum absolute atomic E-state index is 8.58. The quantitative estimate of drug-likeness (QED) is 0.535. The summed E-state index contributed by atoms with van der Waals surface area (Å²) in [4.78, 5) is 8.58. The largest absolute Gasteiger partial charge is 0.372 e. The summed E-state index contributed by atoms with van der Waals surface area (Å²) in [7, 11) is 0. The molecule has 3 heteroatoms. The van der Waals surface area contributed by atoms with Crippen molar-refractivity contribution in [2.75, 3.05) is 0 Å². The molecule has 3 nitrogen and oxygen atoms in total. The highest BCUT2D eigenvalue weighted by Gasteiger charge is 2.25. The molecular formula is C9H20N2O. The second-order valence-corrected chi connectivity index (χ2v) is 4.16. The molecular weight excluding hydrogens is 152 g/mol. The Hall–Kier alpha value is -0.570. The van der Waals surface area contributed by atoms with Gasteiger partial charge in [0, 0.05) is 6.04 Å². The monoisotopic (exact) mass is 172 g/mol. The smallest absolute Gasteiger partial charge is 0.204 e. The summed E-state index contributed by atoms with van der Waals surface area (Å²) in [5, 5.41) is 0. The maximum Gasteiger partial charge on any atom is 0.204 e. The van der Waals surface area contributed by atoms with Gasteiger partial charge in [-0.05, 0) is 24.7 Å². The molecule has 0 saturated heterocycles. The van der Waals surface area contributed by atoms with Gasteiger partial charge in [0.2, 0.25) is 6.41 Å². The zero-order valence-electron chi connectivity index (χ0n) is 8.05. The molecule has 72 valence electrons. The lowest BCUT2D eigenvalue weighted by atomic mass is 9.75. The van der Waals surface area contributed by atoms with E-state index in [2.05, 4.69) is 19.6 Å². The molecule has 0 aromatic heterocycles. The second-order valence-electron chi connectivity index (χ2n) is 4.16. The number of hydrogen-bond donors (Lipinski definition) is 2. The van der Waals surface area contributed by atoms with Crippen LogP contribution in [0.1, 0.15) is 39.5 Å². The summed E-state index contributed by atoms with van der Waals surface area (Å²) < 4.78 is 0. The molecule has 1 aliphatic rings. The fourth-order valence-electron chi connectivity index (χ4n) is 1.76. The van der Waals surface area contributed by atoms with Crippen LogP contribution in [0.4, 0.5) is 0 Å². The van der Waals surface area contributed by atoms with Crippen molar-refractivity contribution in [2.45, 2.75) is 45.6 Å². The number of carbonyl (C=O) groups excluding carboxylic acids is 1. The molecule has 0 aromatic rings. The summed E-state index contributed by atoms with van der Waals surface area (Å²) in [6.07, 6.45) is 5.39. The molecule has 12 heavy (non-hydrogen) atoms. The molecule has 1 saturated carbocycles. The number of carbonyl (C=O) groups is 1. The molecule has 0 radical (unpaired) electrons. The van der Waals surface area contributed by atoms with Crippen molar-refractivity contribution in [3.63, 3.8) is 0 Å². The van der Waals surface area contributed by atoms with Crippen LogP contribution in [0.25, 0.3) is 0 Å². The Balaban J connectivity index is 0.000000354. The lowest BCUT2D eigenvalue weighted by Crippen LogP contribution is -2.32. The first-order valence-electron chi connectivity index (χ1n) is 4.43. The molecule has 0 bridgehead atoms. The van der Waals surface area contributed by atoms with E-state index < -0.39 is 0 Å². The third-order valence-electron chi connectivity index (χ3n) is 2.24. The first kappa shape index (κ1) is 11.4. The fourth-order valence-corrected chi connectivity index (χ4v) is 1.76. The molecule has 1 atom stereocenters. The van der Waals surface area contributed by atoms with Crippen LogP contribution in [0, 0.1) is 5.41 Å². The van der Waals surface area contributed by atoms with Crippen LogP contribution in [0.15, 0.2) is 0 Å². The Bertz CT molecular complexity index is 134. The number of rotatable bonds is 0. The van der Waals surface area contributed by atoms with Gasteiger partial charge in [-0.15, -0.1) is 0 Å². The number of primary amides is 1. The average molecular weight is 172 g/mol. The molecule has 1 fully saturated rings. The highest BCUT2D eigenvalue weighted by Crippen LogP contribution is 2.33. The first-order chi connectivity index (χ1) is 5.52. The van der Waals surface area contributed by atoms with Gasteiger partial charge in [-0.3, -0.25) is 4.79 Å². The molecule has 1 unspecified atom stereocenters. The zero-order valence-corrected chi connectivity index (χ0v) is 8.05. The normalized spacial score (nSPS) is 26.8. The van der Waals surface area contributed by atoms with Gasteiger partial charge in [-0.1, -0.05) is 20.3 Å². The lowest BCUT2D eigenvalue weighted by molar-refractivity contribution is -0.106. The van der Waals surface area contributed by atoms with Crippen molar-refractivity contribution < 1.29 is 4.79 Å². The van der Waals surface area contributed by atoms with Gasteiger partial charge in [0.15, 0.2) is 0 Å². The number of nitrogens with two attached hydrogens (primary N) is 2. The Morgan fingerprint density at radius 3 is 2.25 bits per heavy atom. The van der Waals surface area contributed by atoms with E-state index in [9.17, 15) is 0 Å². The molecule has 0 spiro atoms. The van der Waals surface area contributed by atoms with Gasteiger partial charge < -0.3 is 11.5 Å². The third kappa shape index (κ3) is 5.13. The van der Waals surface area contributed by atoms with Crippen molar-refractivity contribution in [3.05, 3.63) is 0 Å². The second kappa shape index (κ2) is 5.14. The van der Waals surface area contributed by atoms with Crippen molar-refractivity contribution >= 4 is 6.41 Å². The Kier molecular flexibility index (Phi) is 4.90. The van der Waals surface area contributed by atoms with Gasteiger partial charge in [-0.25, -0.2) is 0 Å². The van der Waals surface area contributed by atoms with E-state index in [0.29, 0.717) is 11.5 Å². The van der Waals surface area contributed by atoms with Crippen LogP contribution in [-0.4, -0.2) is 12.5 Å². The van der Waals surface area contributed by atoms with Crippen LogP contribution in [0.5, 0.6) is 0 Å². The minimum Gasteiger partial charge on any atom is -0.372 e. The van der Waals surface area contributed by atoms with Gasteiger partial charge in [0.1, 0.15) is 0 Å². The molecule has 0 aliphatic heterocycles. The molecule has 0 heterocycles. The maximum atomic E-state index is 8.58. The Morgan fingerprint density at radius 1 is 1.50 bits per heavy atom. The van der Waals surface area contributed by atoms with E-state index >= 15 is 0 Å². The van der Waals surface area contributed by atoms with Crippen LogP contribution >= 0.6 is 0 Å². The third-order valence-corrected chi connectivity index (χ3v) is 2.24. The average Bonchev–Trinajstić information content (AvgIpc) is 1.85. The first-order valence-corrected chi connectivity index (χ1v) is 4.43. The standard InChI is InChI=1S/C8H17N.CH3NO/c1-8(2)5-3-4-7(9)6-8;2-1-3/h7H,3-6,9H2,1-2H3;1H,(H2,2,3). The molecule has 1 amide bonds. The highest BCUT2D eigenvalue weighted by atomic mass is 16.1. The minimum atomic E-state index is 0.250. The van der Waals surface area contributed by atoms with E-state index in [0.717, 1.165) is 0 Å². The Morgan fingerprint density at radius 2 is 2.00 bits per heavy atom. The predicted molar refractivity (Wildman–Crippen MR) is 50.5 cm³/mol. The minimum absolute atomic E-state index is 0.250. The molecule has 4 N–H and O–H groups in total. The summed E-state index contributed by atoms with van der Waals surface area (Å²) in [6, 6.07) is 0.480. The van der Waals surface area contributed by atoms with E-state index in [1.807, 2.05) is 0 Å². The van der Waals surface area contributed by atoms with Gasteiger partial charge in [0.25, 0.3) is 0 Å². The molecule has 0 aromatic carbocycles. The summed E-state index contributed by atoms with van der Waals surface area (Å²) >= 11 is 0. The van der Waals surface area contributed by atoms with E-state index in [1.54, 1.807) is 0 Å². The van der Waals surface area contributed by atoms with E-state index in [1.165, 1.54) is 25.7 Å². The molecule has 1 aliphatic carbocycles. The number of amides is 1. The van der Waals surface area contributed by atoms with Crippen molar-refractivity contribution in [1.82, 2.24) is 0 Å². The van der Waals surface area contributed by atoms with Gasteiger partial charge in [0.05, 0.1) is 0 Å². The van der Waals surface area contributed by atoms with Crippen LogP contribution < -0.4 is 11.5 Å². The summed E-state index contributed by atoms with van der Waals surface area (Å²) in [5.41, 5.74) is 10.5. The van der Waals surface area contributed by atoms with Gasteiger partial charge in [-0.2, -0.15) is 0 Å². The summed E-state index contributed by atoms with van der Waals surface area (Å²) in [5.74, 6) is 0. The number of hydrogen-bond acceptors (Lipinski definition) is 2. The van der Waals surface area contributed by atoms with E-state index in [-0.39, 0.29) is 6.41 Å². The SMILES string of the molecule is CC1(C)CCCC(N)C1.NC=O. The van der Waals surface area contributed by atoms with Crippen LogP contribution in [0.2, 0.25) is 0 Å². The Labute approximate surface area is 74.5 Å². The van der Waals surface area contributed by atoms with Gasteiger partial charge >= 0.3 is 0 Å². The van der Waals surface area contributed by atoms with Crippen molar-refractivity contribution in [1.29, 1.82) is 0 Å². The van der Waals surface area contributed by atoms with Crippen molar-refractivity contribution in [2.24, 2.45) is 16.9 Å². The zero-order chi connectivity index (χ0) is 9.61. The summed E-state index contributed by atoms with van der Waals surface area (Å²) in [6.45, 7) is 4.62. The van der Waals surface area contributed by atoms with Crippen LogP contribution in [-0.2, 0) is 4.79 Å².